The first-order valence-corrected chi connectivity index (χ1v) is 4.71. The Labute approximate surface area is 84.5 Å². The molecular formula is C7H10N4O2S. The number of nitrogens with zero attached hydrogens (tertiary/aromatic N) is 1. The number of rotatable bonds is 3. The van der Waals surface area contributed by atoms with E-state index in [-0.39, 0.29) is 12.5 Å². The van der Waals surface area contributed by atoms with Crippen LogP contribution < -0.4 is 16.4 Å². The van der Waals surface area contributed by atoms with Gasteiger partial charge >= 0.3 is 6.03 Å². The van der Waals surface area contributed by atoms with Gasteiger partial charge in [0.15, 0.2) is 5.13 Å². The molecule has 0 aliphatic heterocycles. The van der Waals surface area contributed by atoms with E-state index in [2.05, 4.69) is 15.6 Å². The van der Waals surface area contributed by atoms with Crippen LogP contribution in [-0.4, -0.2) is 24.0 Å². The zero-order chi connectivity index (χ0) is 10.6. The summed E-state index contributed by atoms with van der Waals surface area (Å²) in [6.45, 7) is 0. The minimum Gasteiger partial charge on any atom is -0.369 e. The zero-order valence-electron chi connectivity index (χ0n) is 7.53. The van der Waals surface area contributed by atoms with Gasteiger partial charge in [-0.05, 0) is 0 Å². The molecule has 1 aromatic rings. The van der Waals surface area contributed by atoms with Gasteiger partial charge in [0.1, 0.15) is 0 Å². The molecule has 0 atom stereocenters. The summed E-state index contributed by atoms with van der Waals surface area (Å²) >= 11 is 1.24. The van der Waals surface area contributed by atoms with E-state index < -0.39 is 5.91 Å². The normalized spacial score (nSPS) is 9.50. The first-order chi connectivity index (χ1) is 6.61. The predicted molar refractivity (Wildman–Crippen MR) is 53.1 cm³/mol. The molecule has 0 fully saturated rings. The topological polar surface area (TPSA) is 97.1 Å². The maximum Gasteiger partial charge on any atom is 0.320 e. The van der Waals surface area contributed by atoms with Gasteiger partial charge in [-0.2, -0.15) is 0 Å². The van der Waals surface area contributed by atoms with Gasteiger partial charge in [-0.25, -0.2) is 9.78 Å². The van der Waals surface area contributed by atoms with Crippen molar-refractivity contribution >= 4 is 28.4 Å². The van der Waals surface area contributed by atoms with E-state index in [1.807, 2.05) is 0 Å². The van der Waals surface area contributed by atoms with Gasteiger partial charge in [0.25, 0.3) is 0 Å². The average molecular weight is 214 g/mol. The number of nitrogens with one attached hydrogen (secondary N) is 2. The molecule has 4 N–H and O–H groups in total. The third-order valence-electron chi connectivity index (χ3n) is 1.35. The molecule has 3 amide bonds. The third-order valence-corrected chi connectivity index (χ3v) is 2.16. The molecule has 0 saturated carbocycles. The van der Waals surface area contributed by atoms with Crippen LogP contribution in [0.4, 0.5) is 9.93 Å². The molecule has 0 unspecified atom stereocenters. The van der Waals surface area contributed by atoms with Crippen molar-refractivity contribution < 1.29 is 9.59 Å². The third kappa shape index (κ3) is 3.02. The van der Waals surface area contributed by atoms with Crippen molar-refractivity contribution in [1.82, 2.24) is 10.3 Å². The molecule has 76 valence electrons. The maximum atomic E-state index is 10.9. The molecule has 0 aliphatic rings. The van der Waals surface area contributed by atoms with Crippen LogP contribution in [0.15, 0.2) is 5.38 Å². The van der Waals surface area contributed by atoms with Crippen LogP contribution >= 0.6 is 11.3 Å². The molecule has 14 heavy (non-hydrogen) atoms. The molecule has 6 nitrogen and oxygen atoms in total. The number of carbonyl (C=O) groups excluding carboxylic acids is 2. The van der Waals surface area contributed by atoms with Crippen molar-refractivity contribution in [2.45, 2.75) is 6.42 Å². The Morgan fingerprint density at radius 3 is 2.93 bits per heavy atom. The summed E-state index contributed by atoms with van der Waals surface area (Å²) in [4.78, 5) is 25.4. The van der Waals surface area contributed by atoms with E-state index >= 15 is 0 Å². The number of carbonyl (C=O) groups is 2. The Kier molecular flexibility index (Phi) is 3.41. The predicted octanol–water partition coefficient (Wildman–Crippen LogP) is -0.0778. The smallest absolute Gasteiger partial charge is 0.320 e. The second-order valence-electron chi connectivity index (χ2n) is 2.49. The molecule has 7 heteroatoms. The van der Waals surface area contributed by atoms with E-state index in [1.165, 1.54) is 18.4 Å². The van der Waals surface area contributed by atoms with Gasteiger partial charge in [-0.1, -0.05) is 0 Å². The van der Waals surface area contributed by atoms with E-state index in [0.29, 0.717) is 10.8 Å². The summed E-state index contributed by atoms with van der Waals surface area (Å²) in [5.74, 6) is -0.443. The van der Waals surface area contributed by atoms with Crippen LogP contribution in [-0.2, 0) is 11.2 Å². The minimum absolute atomic E-state index is 0.0892. The quantitative estimate of drug-likeness (QED) is 0.656. The lowest BCUT2D eigenvalue weighted by molar-refractivity contribution is -0.117. The standard InChI is InChI=1S/C7H10N4O2S/c1-9-6(13)11-7-10-4(3-14-7)2-5(8)12/h3H,2H2,1H3,(H2,8,12)(H2,9,10,11,13). The number of nitrogens with two attached hydrogens (primary N) is 1. The van der Waals surface area contributed by atoms with Gasteiger partial charge in [0.2, 0.25) is 5.91 Å². The van der Waals surface area contributed by atoms with Crippen molar-refractivity contribution in [2.24, 2.45) is 5.73 Å². The molecule has 1 aromatic heterocycles. The fourth-order valence-electron chi connectivity index (χ4n) is 0.784. The minimum atomic E-state index is -0.443. The van der Waals surface area contributed by atoms with Crippen molar-refractivity contribution in [2.75, 3.05) is 12.4 Å². The molecule has 1 heterocycles. The summed E-state index contributed by atoms with van der Waals surface area (Å²) in [5.41, 5.74) is 5.55. The highest BCUT2D eigenvalue weighted by Crippen LogP contribution is 2.15. The Hall–Kier alpha value is -1.63. The number of amides is 3. The lowest BCUT2D eigenvalue weighted by Gasteiger charge is -1.97. The largest absolute Gasteiger partial charge is 0.369 e. The number of hydrogen-bond donors (Lipinski definition) is 3. The SMILES string of the molecule is CNC(=O)Nc1nc(CC(N)=O)cs1. The van der Waals surface area contributed by atoms with Gasteiger partial charge in [-0.15, -0.1) is 11.3 Å². The van der Waals surface area contributed by atoms with Gasteiger partial charge < -0.3 is 11.1 Å². The van der Waals surface area contributed by atoms with E-state index in [0.717, 1.165) is 0 Å². The molecule has 1 rings (SSSR count). The highest BCUT2D eigenvalue weighted by molar-refractivity contribution is 7.13. The lowest BCUT2D eigenvalue weighted by atomic mass is 10.3. The number of aromatic nitrogens is 1. The summed E-state index contributed by atoms with van der Waals surface area (Å²) < 4.78 is 0. The summed E-state index contributed by atoms with van der Waals surface area (Å²) in [7, 11) is 1.51. The molecule has 0 saturated heterocycles. The van der Waals surface area contributed by atoms with Crippen LogP contribution in [0.3, 0.4) is 0 Å². The van der Waals surface area contributed by atoms with Crippen molar-refractivity contribution in [3.63, 3.8) is 0 Å². The summed E-state index contributed by atoms with van der Waals surface area (Å²) in [6, 6.07) is -0.343. The molecule has 0 bridgehead atoms. The second-order valence-corrected chi connectivity index (χ2v) is 3.35. The zero-order valence-corrected chi connectivity index (χ0v) is 8.35. The Morgan fingerprint density at radius 1 is 1.64 bits per heavy atom. The fraction of sp³-hybridized carbons (Fsp3) is 0.286. The van der Waals surface area contributed by atoms with Crippen LogP contribution in [0, 0.1) is 0 Å². The maximum absolute atomic E-state index is 10.9. The average Bonchev–Trinajstić information content (AvgIpc) is 2.51. The summed E-state index contributed by atoms with van der Waals surface area (Å²) in [5, 5.41) is 7.00. The van der Waals surface area contributed by atoms with Crippen LogP contribution in [0.25, 0.3) is 0 Å². The van der Waals surface area contributed by atoms with Gasteiger partial charge in [-0.3, -0.25) is 10.1 Å². The second kappa shape index (κ2) is 4.56. The van der Waals surface area contributed by atoms with Crippen LogP contribution in [0.1, 0.15) is 5.69 Å². The van der Waals surface area contributed by atoms with Gasteiger partial charge in [0, 0.05) is 12.4 Å². The van der Waals surface area contributed by atoms with Crippen LogP contribution in [0.2, 0.25) is 0 Å². The number of urea groups is 1. The van der Waals surface area contributed by atoms with E-state index in [1.54, 1.807) is 5.38 Å². The Bertz CT molecular complexity index is 349. The van der Waals surface area contributed by atoms with Crippen molar-refractivity contribution in [3.8, 4) is 0 Å². The number of thiazole rings is 1. The Morgan fingerprint density at radius 2 is 2.36 bits per heavy atom. The molecule has 0 aliphatic carbocycles. The van der Waals surface area contributed by atoms with E-state index in [9.17, 15) is 9.59 Å². The molecule has 0 spiro atoms. The highest BCUT2D eigenvalue weighted by atomic mass is 32.1. The number of primary amides is 1. The van der Waals surface area contributed by atoms with Crippen LogP contribution in [0.5, 0.6) is 0 Å². The molecular weight excluding hydrogens is 204 g/mol. The first kappa shape index (κ1) is 10.5. The van der Waals surface area contributed by atoms with Crippen molar-refractivity contribution in [3.05, 3.63) is 11.1 Å². The number of hydrogen-bond acceptors (Lipinski definition) is 4. The van der Waals surface area contributed by atoms with Crippen molar-refractivity contribution in [1.29, 1.82) is 0 Å². The van der Waals surface area contributed by atoms with Gasteiger partial charge in [0.05, 0.1) is 12.1 Å². The summed E-state index contributed by atoms with van der Waals surface area (Å²) in [6.07, 6.45) is 0.0892. The highest BCUT2D eigenvalue weighted by Gasteiger charge is 2.06. The molecule has 0 radical (unpaired) electrons. The number of anilines is 1. The Balaban J connectivity index is 2.59. The fourth-order valence-corrected chi connectivity index (χ4v) is 1.49. The van der Waals surface area contributed by atoms with E-state index in [4.69, 9.17) is 5.73 Å². The first-order valence-electron chi connectivity index (χ1n) is 3.83. The lowest BCUT2D eigenvalue weighted by Crippen LogP contribution is -2.24. The molecule has 0 aromatic carbocycles. The monoisotopic (exact) mass is 214 g/mol.